The van der Waals surface area contributed by atoms with Gasteiger partial charge in [-0.15, -0.1) is 0 Å². The van der Waals surface area contributed by atoms with Crippen LogP contribution in [-0.4, -0.2) is 20.8 Å². The van der Waals surface area contributed by atoms with Gasteiger partial charge in [-0.2, -0.15) is 0 Å². The summed E-state index contributed by atoms with van der Waals surface area (Å²) in [6, 6.07) is 4.54. The van der Waals surface area contributed by atoms with E-state index in [0.29, 0.717) is 6.04 Å². The van der Waals surface area contributed by atoms with Gasteiger partial charge in [-0.1, -0.05) is 13.3 Å². The van der Waals surface area contributed by atoms with E-state index in [4.69, 9.17) is 9.47 Å². The van der Waals surface area contributed by atoms with Gasteiger partial charge in [-0.05, 0) is 31.0 Å². The Morgan fingerprint density at radius 2 is 2.12 bits per heavy atom. The van der Waals surface area contributed by atoms with Gasteiger partial charge in [0.05, 0.1) is 14.2 Å². The Balaban J connectivity index is 2.44. The molecule has 0 aromatic heterocycles. The summed E-state index contributed by atoms with van der Waals surface area (Å²) in [7, 11) is 3.43. The first-order valence-corrected chi connectivity index (χ1v) is 6.28. The van der Waals surface area contributed by atoms with E-state index in [0.717, 1.165) is 30.9 Å². The number of rotatable bonds is 4. The monoisotopic (exact) mass is 235 g/mol. The first kappa shape index (κ1) is 12.2. The van der Waals surface area contributed by atoms with Crippen LogP contribution in [0.15, 0.2) is 12.1 Å². The van der Waals surface area contributed by atoms with Crippen LogP contribution in [0.25, 0.3) is 0 Å². The number of fused-ring (bicyclic) bond motifs is 1. The third-order valence-electron chi connectivity index (χ3n) is 3.37. The minimum absolute atomic E-state index is 0.421. The topological polar surface area (TPSA) is 30.5 Å². The molecule has 1 aliphatic heterocycles. The Morgan fingerprint density at radius 3 is 2.76 bits per heavy atom. The Hall–Kier alpha value is -1.22. The highest BCUT2D eigenvalue weighted by molar-refractivity contribution is 5.49. The molecule has 0 fully saturated rings. The van der Waals surface area contributed by atoms with Gasteiger partial charge < -0.3 is 14.8 Å². The first-order chi connectivity index (χ1) is 8.30. The lowest BCUT2D eigenvalue weighted by Crippen LogP contribution is -2.30. The van der Waals surface area contributed by atoms with E-state index in [9.17, 15) is 0 Å². The molecule has 17 heavy (non-hydrogen) atoms. The quantitative estimate of drug-likeness (QED) is 0.870. The van der Waals surface area contributed by atoms with Crippen molar-refractivity contribution in [3.05, 3.63) is 23.3 Å². The van der Waals surface area contributed by atoms with E-state index in [1.807, 2.05) is 6.07 Å². The molecule has 0 saturated carbocycles. The van der Waals surface area contributed by atoms with E-state index in [-0.39, 0.29) is 0 Å². The van der Waals surface area contributed by atoms with Gasteiger partial charge in [0, 0.05) is 17.7 Å². The molecule has 0 amide bonds. The summed E-state index contributed by atoms with van der Waals surface area (Å²) in [5, 5.41) is 3.57. The van der Waals surface area contributed by atoms with Crippen molar-refractivity contribution < 1.29 is 9.47 Å². The van der Waals surface area contributed by atoms with Crippen LogP contribution in [-0.2, 0) is 6.42 Å². The molecule has 1 heterocycles. The number of ether oxygens (including phenoxy) is 2. The van der Waals surface area contributed by atoms with Crippen molar-refractivity contribution in [3.63, 3.8) is 0 Å². The summed E-state index contributed by atoms with van der Waals surface area (Å²) in [5.74, 6) is 1.84. The Bertz CT molecular complexity index is 373. The predicted octanol–water partition coefficient (Wildman–Crippen LogP) is 2.69. The zero-order valence-corrected chi connectivity index (χ0v) is 10.9. The highest BCUT2D eigenvalue weighted by atomic mass is 16.5. The van der Waals surface area contributed by atoms with Crippen LogP contribution in [0, 0.1) is 0 Å². The summed E-state index contributed by atoms with van der Waals surface area (Å²) in [6.45, 7) is 3.25. The molecule has 1 unspecified atom stereocenters. The van der Waals surface area contributed by atoms with E-state index in [1.165, 1.54) is 17.5 Å². The lowest BCUT2D eigenvalue weighted by molar-refractivity contribution is 0.373. The van der Waals surface area contributed by atoms with Gasteiger partial charge in [0.25, 0.3) is 0 Å². The molecule has 94 valence electrons. The van der Waals surface area contributed by atoms with Gasteiger partial charge in [0.1, 0.15) is 11.5 Å². The molecule has 3 heteroatoms. The molecule has 0 bridgehead atoms. The van der Waals surface area contributed by atoms with Gasteiger partial charge in [-0.25, -0.2) is 0 Å². The first-order valence-electron chi connectivity index (χ1n) is 6.28. The van der Waals surface area contributed by atoms with E-state index in [1.54, 1.807) is 14.2 Å². The molecule has 0 aliphatic carbocycles. The fourth-order valence-electron chi connectivity index (χ4n) is 2.56. The van der Waals surface area contributed by atoms with Crippen LogP contribution in [0.3, 0.4) is 0 Å². The standard InChI is InChI=1S/C14H21NO2/c1-4-5-12-14-10(6-7-15-12)8-11(16-2)9-13(14)17-3/h8-9,12,15H,4-7H2,1-3H3. The molecule has 2 rings (SSSR count). The average Bonchev–Trinajstić information content (AvgIpc) is 2.38. The molecule has 1 aromatic carbocycles. The van der Waals surface area contributed by atoms with Crippen LogP contribution < -0.4 is 14.8 Å². The fraction of sp³-hybridized carbons (Fsp3) is 0.571. The summed E-state index contributed by atoms with van der Waals surface area (Å²) >= 11 is 0. The summed E-state index contributed by atoms with van der Waals surface area (Å²) in [4.78, 5) is 0. The number of hydrogen-bond acceptors (Lipinski definition) is 3. The SMILES string of the molecule is CCCC1NCCc2cc(OC)cc(OC)c21. The van der Waals surface area contributed by atoms with Gasteiger partial charge in [-0.3, -0.25) is 0 Å². The summed E-state index contributed by atoms with van der Waals surface area (Å²) in [6.07, 6.45) is 3.37. The number of benzene rings is 1. The zero-order valence-electron chi connectivity index (χ0n) is 10.9. The minimum atomic E-state index is 0.421. The number of nitrogens with one attached hydrogen (secondary N) is 1. The van der Waals surface area contributed by atoms with Crippen molar-refractivity contribution in [2.75, 3.05) is 20.8 Å². The fourth-order valence-corrected chi connectivity index (χ4v) is 2.56. The van der Waals surface area contributed by atoms with Crippen molar-refractivity contribution >= 4 is 0 Å². The van der Waals surface area contributed by atoms with Gasteiger partial charge >= 0.3 is 0 Å². The molecular weight excluding hydrogens is 214 g/mol. The molecule has 1 atom stereocenters. The Kier molecular flexibility index (Phi) is 3.89. The van der Waals surface area contributed by atoms with Gasteiger partial charge in [0.2, 0.25) is 0 Å². The molecule has 0 saturated heterocycles. The summed E-state index contributed by atoms with van der Waals surface area (Å²) in [5.41, 5.74) is 2.68. The summed E-state index contributed by atoms with van der Waals surface area (Å²) < 4.78 is 10.8. The van der Waals surface area contributed by atoms with Crippen LogP contribution in [0.5, 0.6) is 11.5 Å². The van der Waals surface area contributed by atoms with Crippen LogP contribution in [0.1, 0.15) is 36.9 Å². The highest BCUT2D eigenvalue weighted by Gasteiger charge is 2.23. The second-order valence-electron chi connectivity index (χ2n) is 4.45. The Labute approximate surface area is 103 Å². The molecule has 3 nitrogen and oxygen atoms in total. The second kappa shape index (κ2) is 5.41. The van der Waals surface area contributed by atoms with Crippen molar-refractivity contribution in [2.24, 2.45) is 0 Å². The largest absolute Gasteiger partial charge is 0.497 e. The minimum Gasteiger partial charge on any atom is -0.497 e. The van der Waals surface area contributed by atoms with E-state index in [2.05, 4.69) is 18.3 Å². The Morgan fingerprint density at radius 1 is 1.29 bits per heavy atom. The highest BCUT2D eigenvalue weighted by Crippen LogP contribution is 2.37. The third-order valence-corrected chi connectivity index (χ3v) is 3.37. The maximum Gasteiger partial charge on any atom is 0.127 e. The van der Waals surface area contributed by atoms with Crippen LogP contribution >= 0.6 is 0 Å². The molecule has 0 spiro atoms. The van der Waals surface area contributed by atoms with E-state index >= 15 is 0 Å². The maximum atomic E-state index is 5.51. The normalized spacial score (nSPS) is 18.6. The smallest absolute Gasteiger partial charge is 0.127 e. The number of hydrogen-bond donors (Lipinski definition) is 1. The molecule has 1 N–H and O–H groups in total. The van der Waals surface area contributed by atoms with E-state index < -0.39 is 0 Å². The molecule has 0 radical (unpaired) electrons. The predicted molar refractivity (Wildman–Crippen MR) is 68.9 cm³/mol. The lowest BCUT2D eigenvalue weighted by Gasteiger charge is -2.29. The molecular formula is C14H21NO2. The van der Waals surface area contributed by atoms with Gasteiger partial charge in [0.15, 0.2) is 0 Å². The lowest BCUT2D eigenvalue weighted by atomic mass is 9.90. The third kappa shape index (κ3) is 2.39. The van der Waals surface area contributed by atoms with Crippen molar-refractivity contribution in [3.8, 4) is 11.5 Å². The maximum absolute atomic E-state index is 5.51. The molecule has 1 aliphatic rings. The van der Waals surface area contributed by atoms with Crippen molar-refractivity contribution in [1.82, 2.24) is 5.32 Å². The van der Waals surface area contributed by atoms with Crippen LogP contribution in [0.2, 0.25) is 0 Å². The molecule has 1 aromatic rings. The number of methoxy groups -OCH3 is 2. The van der Waals surface area contributed by atoms with Crippen molar-refractivity contribution in [1.29, 1.82) is 0 Å². The van der Waals surface area contributed by atoms with Crippen LogP contribution in [0.4, 0.5) is 0 Å². The zero-order chi connectivity index (χ0) is 12.3. The average molecular weight is 235 g/mol. The second-order valence-corrected chi connectivity index (χ2v) is 4.45. The van der Waals surface area contributed by atoms with Crippen molar-refractivity contribution in [2.45, 2.75) is 32.2 Å².